The van der Waals surface area contributed by atoms with Crippen LogP contribution in [0.3, 0.4) is 0 Å². The van der Waals surface area contributed by atoms with Gasteiger partial charge in [0, 0.05) is 33.1 Å². The Hall–Kier alpha value is -6.01. The Labute approximate surface area is 344 Å². The zero-order chi connectivity index (χ0) is 42.4. The number of rotatable bonds is 6. The zero-order valence-corrected chi connectivity index (χ0v) is 33.7. The number of benzene rings is 7. The molecule has 0 atom stereocenters. The van der Waals surface area contributed by atoms with Crippen LogP contribution in [0, 0.1) is 0 Å². The maximum absolute atomic E-state index is 8.90. The van der Waals surface area contributed by atoms with Crippen LogP contribution in [0.4, 0.5) is 0 Å². The van der Waals surface area contributed by atoms with Crippen LogP contribution < -0.4 is 25.5 Å². The van der Waals surface area contributed by atoms with E-state index in [4.69, 9.17) is 16.6 Å². The molecule has 1 aliphatic heterocycles. The highest BCUT2D eigenvalue weighted by atomic mass is 79.9. The van der Waals surface area contributed by atoms with Gasteiger partial charge in [-0.15, -0.1) is 0 Å². The fraction of sp³-hybridized carbons (Fsp3) is 0.0784. The minimum absolute atomic E-state index is 0.138. The van der Waals surface area contributed by atoms with E-state index in [9.17, 15) is 0 Å². The lowest BCUT2D eigenvalue weighted by Gasteiger charge is -2.32. The third-order valence-corrected chi connectivity index (χ3v) is 16.4. The quantitative estimate of drug-likeness (QED) is 0.157. The highest BCUT2D eigenvalue weighted by Crippen LogP contribution is 2.41. The van der Waals surface area contributed by atoms with Gasteiger partial charge in [-0.2, -0.15) is 0 Å². The number of halogens is 1. The summed E-state index contributed by atoms with van der Waals surface area (Å²) in [6.45, 7) is 6.22. The molecule has 0 spiro atoms. The first kappa shape index (κ1) is 29.3. The van der Waals surface area contributed by atoms with Crippen LogP contribution in [-0.2, 0) is 5.41 Å². The molecular formula is C51H39BrN2OSi. The first-order valence-corrected chi connectivity index (χ1v) is 21.5. The summed E-state index contributed by atoms with van der Waals surface area (Å²) in [5, 5.41) is 7.46. The van der Waals surface area contributed by atoms with E-state index in [2.05, 4.69) is 150 Å². The molecule has 0 unspecified atom stereocenters. The number of ether oxygens (including phenoxy) is 1. The highest BCUT2D eigenvalue weighted by molar-refractivity contribution is 9.10. The van der Waals surface area contributed by atoms with Crippen molar-refractivity contribution < 1.29 is 11.6 Å². The molecule has 0 N–H and O–H groups in total. The smallest absolute Gasteiger partial charge is 0.181 e. The molecular weight excluding hydrogens is 765 g/mol. The fourth-order valence-electron chi connectivity index (χ4n) is 8.77. The van der Waals surface area contributed by atoms with Gasteiger partial charge in [-0.1, -0.05) is 164 Å². The van der Waals surface area contributed by atoms with Crippen molar-refractivity contribution in [3.8, 4) is 39.6 Å². The Morgan fingerprint density at radius 2 is 1.34 bits per heavy atom. The molecule has 3 heterocycles. The van der Waals surface area contributed by atoms with E-state index in [-0.39, 0.29) is 29.7 Å². The second-order valence-corrected chi connectivity index (χ2v) is 19.9. The predicted octanol–water partition coefficient (Wildman–Crippen LogP) is 11.1. The minimum atomic E-state index is -2.96. The van der Waals surface area contributed by atoms with Crippen molar-refractivity contribution in [1.29, 1.82) is 0 Å². The summed E-state index contributed by atoms with van der Waals surface area (Å²) >= 11 is 3.59. The minimum Gasteiger partial charge on any atom is -0.457 e. The second-order valence-electron chi connectivity index (χ2n) is 15.3. The van der Waals surface area contributed by atoms with E-state index in [1.54, 1.807) is 6.20 Å². The zero-order valence-electron chi connectivity index (χ0n) is 36.1. The normalized spacial score (nSPS) is 14.4. The highest BCUT2D eigenvalue weighted by Gasteiger charge is 2.50. The molecule has 0 amide bonds. The first-order chi connectivity index (χ1) is 29.4. The monoisotopic (exact) mass is 807 g/mol. The van der Waals surface area contributed by atoms with Crippen LogP contribution >= 0.6 is 15.9 Å². The Kier molecular flexibility index (Phi) is 6.97. The van der Waals surface area contributed by atoms with Crippen molar-refractivity contribution >= 4 is 66.6 Å². The molecule has 7 aromatic carbocycles. The Morgan fingerprint density at radius 1 is 0.643 bits per heavy atom. The van der Waals surface area contributed by atoms with Gasteiger partial charge in [-0.3, -0.25) is 4.57 Å². The molecule has 0 aliphatic carbocycles. The van der Waals surface area contributed by atoms with E-state index in [1.165, 1.54) is 31.9 Å². The summed E-state index contributed by atoms with van der Waals surface area (Å²) in [7, 11) is -2.96. The largest absolute Gasteiger partial charge is 0.457 e. The molecule has 5 heteroatoms. The molecule has 3 nitrogen and oxygen atoms in total. The molecule has 56 heavy (non-hydrogen) atoms. The molecule has 1 aliphatic rings. The van der Waals surface area contributed by atoms with E-state index in [0.29, 0.717) is 22.9 Å². The fourth-order valence-corrected chi connectivity index (χ4v) is 14.6. The topological polar surface area (TPSA) is 27.1 Å². The molecule has 270 valence electrons. The Balaban J connectivity index is 1.33. The van der Waals surface area contributed by atoms with E-state index in [0.717, 1.165) is 31.8 Å². The van der Waals surface area contributed by atoms with Gasteiger partial charge in [0.25, 0.3) is 0 Å². The molecule has 0 saturated heterocycles. The van der Waals surface area contributed by atoms with Gasteiger partial charge in [0.05, 0.1) is 17.9 Å². The summed E-state index contributed by atoms with van der Waals surface area (Å²) in [4.78, 5) is 5.14. The standard InChI is InChI=1S/C51H39BrN2OSi/c1-51(2,3)44-32-48(53-33-43(44)34-16-7-4-8-17-34)54-45-29-28-41-40-24-13-14-25-47(40)56(38-20-9-5-10-21-38,39-22-11-6-12-23-39)50(41)49(45)42-27-26-37(31-46(42)54)55-36-19-15-18-35(52)30-36/h4-33H,1-3H3/i4D,7D,8D,16D,17D. The van der Waals surface area contributed by atoms with Crippen molar-refractivity contribution in [2.45, 2.75) is 26.2 Å². The first-order valence-electron chi connectivity index (χ1n) is 21.2. The number of pyridine rings is 1. The van der Waals surface area contributed by atoms with Gasteiger partial charge >= 0.3 is 0 Å². The van der Waals surface area contributed by atoms with Crippen LogP contribution in [0.2, 0.25) is 0 Å². The van der Waals surface area contributed by atoms with Gasteiger partial charge in [0.15, 0.2) is 8.07 Å². The molecule has 0 saturated carbocycles. The van der Waals surface area contributed by atoms with Gasteiger partial charge in [-0.25, -0.2) is 4.98 Å². The van der Waals surface area contributed by atoms with Crippen LogP contribution in [-0.4, -0.2) is 17.6 Å². The molecule has 0 fully saturated rings. The number of hydrogen-bond acceptors (Lipinski definition) is 2. The molecule has 9 aromatic rings. The average Bonchev–Trinajstić information content (AvgIpc) is 3.76. The lowest BCUT2D eigenvalue weighted by molar-refractivity contribution is 0.483. The molecule has 2 aromatic heterocycles. The SMILES string of the molecule is [2H]c1c([2H])c([2H])c(-c2cnc(-n3c4cc(Oc5cccc(Br)c5)ccc4c4c5c(ccc43)-c3ccccc3[Si]5(c3ccccc3)c3ccccc3)cc2C(C)(C)C)c([2H])c1[2H]. The van der Waals surface area contributed by atoms with Gasteiger partial charge in [0.1, 0.15) is 17.3 Å². The lowest BCUT2D eigenvalue weighted by Crippen LogP contribution is -2.72. The summed E-state index contributed by atoms with van der Waals surface area (Å²) in [5.74, 6) is 2.00. The lowest BCUT2D eigenvalue weighted by atomic mass is 9.82. The van der Waals surface area contributed by atoms with Crippen LogP contribution in [0.5, 0.6) is 11.5 Å². The molecule has 0 radical (unpaired) electrons. The van der Waals surface area contributed by atoms with E-state index < -0.39 is 19.5 Å². The van der Waals surface area contributed by atoms with Crippen LogP contribution in [0.1, 0.15) is 33.2 Å². The van der Waals surface area contributed by atoms with E-state index in [1.807, 2.05) is 36.4 Å². The van der Waals surface area contributed by atoms with Gasteiger partial charge in [0.2, 0.25) is 0 Å². The number of fused-ring (bicyclic) bond motifs is 7. The molecule has 10 rings (SSSR count). The van der Waals surface area contributed by atoms with Crippen molar-refractivity contribution in [1.82, 2.24) is 9.55 Å². The number of nitrogens with zero attached hydrogens (tertiary/aromatic N) is 2. The maximum Gasteiger partial charge on any atom is 0.181 e. The Morgan fingerprint density at radius 3 is 2.05 bits per heavy atom. The van der Waals surface area contributed by atoms with Gasteiger partial charge < -0.3 is 4.74 Å². The third kappa shape index (κ3) is 5.41. The third-order valence-electron chi connectivity index (χ3n) is 11.0. The summed E-state index contributed by atoms with van der Waals surface area (Å²) in [5.41, 5.74) is 5.28. The second kappa shape index (κ2) is 13.3. The van der Waals surface area contributed by atoms with Crippen molar-refractivity contribution in [3.63, 3.8) is 0 Å². The van der Waals surface area contributed by atoms with Crippen molar-refractivity contribution in [2.75, 3.05) is 0 Å². The van der Waals surface area contributed by atoms with Crippen LogP contribution in [0.25, 0.3) is 49.9 Å². The van der Waals surface area contributed by atoms with Crippen molar-refractivity contribution in [2.24, 2.45) is 0 Å². The number of hydrogen-bond donors (Lipinski definition) is 0. The Bertz CT molecular complexity index is 3170. The van der Waals surface area contributed by atoms with Gasteiger partial charge in [-0.05, 0) is 90.9 Å². The van der Waals surface area contributed by atoms with Crippen LogP contribution in [0.15, 0.2) is 186 Å². The van der Waals surface area contributed by atoms with Crippen molar-refractivity contribution in [3.05, 3.63) is 192 Å². The van der Waals surface area contributed by atoms with E-state index >= 15 is 0 Å². The number of aromatic nitrogens is 2. The predicted molar refractivity (Wildman–Crippen MR) is 240 cm³/mol. The summed E-state index contributed by atoms with van der Waals surface area (Å²) in [6, 6.07) is 49.8. The molecule has 0 bridgehead atoms. The summed E-state index contributed by atoms with van der Waals surface area (Å²) in [6.07, 6.45) is 1.68. The average molecular weight is 809 g/mol. The summed E-state index contributed by atoms with van der Waals surface area (Å²) < 4.78 is 52.7. The maximum atomic E-state index is 8.90.